The number of para-hydroxylation sites is 1. The molecule has 0 fully saturated rings. The van der Waals surface area contributed by atoms with Gasteiger partial charge in [-0.25, -0.2) is 9.97 Å². The summed E-state index contributed by atoms with van der Waals surface area (Å²) in [7, 11) is 3.56. The molecule has 0 aliphatic carbocycles. The molecule has 0 atom stereocenters. The van der Waals surface area contributed by atoms with E-state index in [0.29, 0.717) is 6.54 Å². The van der Waals surface area contributed by atoms with Crippen molar-refractivity contribution in [3.8, 4) is 5.75 Å². The van der Waals surface area contributed by atoms with Crippen LogP contribution in [0.2, 0.25) is 0 Å². The summed E-state index contributed by atoms with van der Waals surface area (Å²) in [5.74, 6) is 2.44. The van der Waals surface area contributed by atoms with E-state index in [4.69, 9.17) is 4.74 Å². The number of hydrogen-bond donors (Lipinski definition) is 1. The molecule has 4 rings (SSSR count). The number of anilines is 3. The Morgan fingerprint density at radius 3 is 2.58 bits per heavy atom. The zero-order valence-corrected chi connectivity index (χ0v) is 18.1. The van der Waals surface area contributed by atoms with Crippen LogP contribution in [0.3, 0.4) is 0 Å². The SMILES string of the molecule is COc1ccc(CCNc2ncnc3c2CN(c2ccccc2C)C(=O)CN3C)cc1. The number of ether oxygens (including phenoxy) is 1. The number of nitrogens with one attached hydrogen (secondary N) is 1. The summed E-state index contributed by atoms with van der Waals surface area (Å²) >= 11 is 0. The van der Waals surface area contributed by atoms with Gasteiger partial charge in [-0.15, -0.1) is 0 Å². The van der Waals surface area contributed by atoms with Gasteiger partial charge in [-0.1, -0.05) is 30.3 Å². The normalized spacial score (nSPS) is 13.6. The molecule has 31 heavy (non-hydrogen) atoms. The number of benzene rings is 2. The Hall–Kier alpha value is -3.61. The first-order valence-corrected chi connectivity index (χ1v) is 10.3. The van der Waals surface area contributed by atoms with Crippen molar-refractivity contribution in [1.82, 2.24) is 9.97 Å². The number of aromatic nitrogens is 2. The van der Waals surface area contributed by atoms with Crippen LogP contribution in [0.4, 0.5) is 17.3 Å². The largest absolute Gasteiger partial charge is 0.497 e. The van der Waals surface area contributed by atoms with E-state index < -0.39 is 0 Å². The van der Waals surface area contributed by atoms with Crippen molar-refractivity contribution in [2.75, 3.05) is 42.4 Å². The van der Waals surface area contributed by atoms with Crippen LogP contribution in [0, 0.1) is 6.92 Å². The number of rotatable bonds is 6. The molecule has 2 aromatic carbocycles. The van der Waals surface area contributed by atoms with Gasteiger partial charge in [0.1, 0.15) is 23.7 Å². The number of hydrogen-bond acceptors (Lipinski definition) is 6. The van der Waals surface area contributed by atoms with E-state index in [1.165, 1.54) is 5.56 Å². The average Bonchev–Trinajstić information content (AvgIpc) is 2.91. The minimum absolute atomic E-state index is 0.0407. The third kappa shape index (κ3) is 4.45. The van der Waals surface area contributed by atoms with Gasteiger partial charge < -0.3 is 19.9 Å². The minimum atomic E-state index is 0.0407. The number of amides is 1. The molecule has 1 amide bonds. The molecular formula is C24H27N5O2. The fourth-order valence-corrected chi connectivity index (χ4v) is 3.84. The molecule has 0 spiro atoms. The van der Waals surface area contributed by atoms with E-state index in [1.807, 2.05) is 60.2 Å². The van der Waals surface area contributed by atoms with E-state index in [0.717, 1.165) is 47.2 Å². The summed E-state index contributed by atoms with van der Waals surface area (Å²) in [6.07, 6.45) is 2.40. The molecule has 1 aliphatic heterocycles. The van der Waals surface area contributed by atoms with Gasteiger partial charge in [-0.2, -0.15) is 0 Å². The molecule has 3 aromatic rings. The lowest BCUT2D eigenvalue weighted by Crippen LogP contribution is -2.36. The summed E-state index contributed by atoms with van der Waals surface area (Å²) in [5, 5.41) is 3.45. The highest BCUT2D eigenvalue weighted by Gasteiger charge is 2.28. The maximum absolute atomic E-state index is 13.0. The van der Waals surface area contributed by atoms with Crippen LogP contribution in [0.25, 0.3) is 0 Å². The van der Waals surface area contributed by atoms with Crippen LogP contribution in [-0.2, 0) is 17.8 Å². The van der Waals surface area contributed by atoms with Crippen molar-refractivity contribution in [3.05, 3.63) is 71.5 Å². The first-order chi connectivity index (χ1) is 15.1. The molecular weight excluding hydrogens is 390 g/mol. The van der Waals surface area contributed by atoms with E-state index in [-0.39, 0.29) is 12.5 Å². The molecule has 1 aromatic heterocycles. The minimum Gasteiger partial charge on any atom is -0.497 e. The highest BCUT2D eigenvalue weighted by molar-refractivity contribution is 5.98. The third-order valence-electron chi connectivity index (χ3n) is 5.55. The Morgan fingerprint density at radius 1 is 1.06 bits per heavy atom. The number of nitrogens with zero attached hydrogens (tertiary/aromatic N) is 4. The maximum atomic E-state index is 13.0. The Bertz CT molecular complexity index is 1070. The van der Waals surface area contributed by atoms with Gasteiger partial charge >= 0.3 is 0 Å². The summed E-state index contributed by atoms with van der Waals surface area (Å²) in [6.45, 7) is 3.43. The standard InChI is InChI=1S/C24H27N5O2/c1-17-6-4-5-7-21(17)29-14-20-23(26-16-27-24(20)28(2)15-22(29)30)25-13-12-18-8-10-19(31-3)11-9-18/h4-11,16H,12-15H2,1-3H3,(H,25,26,27). The van der Waals surface area contributed by atoms with E-state index in [1.54, 1.807) is 13.4 Å². The van der Waals surface area contributed by atoms with Crippen LogP contribution in [0.1, 0.15) is 16.7 Å². The molecule has 0 radical (unpaired) electrons. The second kappa shape index (κ2) is 9.04. The molecule has 2 heterocycles. The van der Waals surface area contributed by atoms with Crippen molar-refractivity contribution in [2.45, 2.75) is 19.9 Å². The Kier molecular flexibility index (Phi) is 6.02. The molecule has 1 N–H and O–H groups in total. The van der Waals surface area contributed by atoms with Crippen LogP contribution >= 0.6 is 0 Å². The molecule has 1 aliphatic rings. The van der Waals surface area contributed by atoms with Gasteiger partial charge in [0.2, 0.25) is 5.91 Å². The smallest absolute Gasteiger partial charge is 0.246 e. The molecule has 0 saturated carbocycles. The fourth-order valence-electron chi connectivity index (χ4n) is 3.84. The lowest BCUT2D eigenvalue weighted by Gasteiger charge is -2.23. The van der Waals surface area contributed by atoms with E-state index >= 15 is 0 Å². The molecule has 160 valence electrons. The lowest BCUT2D eigenvalue weighted by atomic mass is 10.1. The summed E-state index contributed by atoms with van der Waals surface area (Å²) in [4.78, 5) is 25.7. The summed E-state index contributed by atoms with van der Waals surface area (Å²) in [6, 6.07) is 16.0. The number of carbonyl (C=O) groups excluding carboxylic acids is 1. The van der Waals surface area contributed by atoms with Gasteiger partial charge in [0, 0.05) is 19.3 Å². The third-order valence-corrected chi connectivity index (χ3v) is 5.55. The molecule has 0 saturated heterocycles. The Morgan fingerprint density at radius 2 is 1.84 bits per heavy atom. The van der Waals surface area contributed by atoms with Gasteiger partial charge in [0.25, 0.3) is 0 Å². The monoisotopic (exact) mass is 417 g/mol. The Balaban J connectivity index is 1.57. The van der Waals surface area contributed by atoms with Crippen molar-refractivity contribution < 1.29 is 9.53 Å². The topological polar surface area (TPSA) is 70.6 Å². The number of likely N-dealkylation sites (N-methyl/N-ethyl adjacent to an activating group) is 1. The zero-order chi connectivity index (χ0) is 21.8. The first-order valence-electron chi connectivity index (χ1n) is 10.3. The first kappa shape index (κ1) is 20.7. The van der Waals surface area contributed by atoms with Crippen molar-refractivity contribution in [1.29, 1.82) is 0 Å². The average molecular weight is 418 g/mol. The second-order valence-electron chi connectivity index (χ2n) is 7.67. The molecule has 7 heteroatoms. The summed E-state index contributed by atoms with van der Waals surface area (Å²) < 4.78 is 5.22. The van der Waals surface area contributed by atoms with Gasteiger partial charge in [-0.05, 0) is 42.7 Å². The van der Waals surface area contributed by atoms with Crippen LogP contribution < -0.4 is 19.9 Å². The number of fused-ring (bicyclic) bond motifs is 1. The Labute approximate surface area is 182 Å². The molecule has 0 unspecified atom stereocenters. The van der Waals surface area contributed by atoms with Crippen LogP contribution in [-0.4, -0.2) is 43.1 Å². The maximum Gasteiger partial charge on any atom is 0.246 e. The van der Waals surface area contributed by atoms with Gasteiger partial charge in [0.15, 0.2) is 0 Å². The predicted octanol–water partition coefficient (Wildman–Crippen LogP) is 3.43. The van der Waals surface area contributed by atoms with Gasteiger partial charge in [0.05, 0.1) is 25.8 Å². The summed E-state index contributed by atoms with van der Waals surface area (Å²) in [5.41, 5.74) is 4.12. The highest BCUT2D eigenvalue weighted by Crippen LogP contribution is 2.31. The zero-order valence-electron chi connectivity index (χ0n) is 18.1. The van der Waals surface area contributed by atoms with Crippen molar-refractivity contribution >= 4 is 23.2 Å². The molecule has 0 bridgehead atoms. The lowest BCUT2D eigenvalue weighted by molar-refractivity contribution is -0.117. The number of carbonyl (C=O) groups is 1. The quantitative estimate of drug-likeness (QED) is 0.663. The van der Waals surface area contributed by atoms with E-state index in [9.17, 15) is 4.79 Å². The van der Waals surface area contributed by atoms with Crippen molar-refractivity contribution in [2.24, 2.45) is 0 Å². The van der Waals surface area contributed by atoms with Gasteiger partial charge in [-0.3, -0.25) is 4.79 Å². The van der Waals surface area contributed by atoms with E-state index in [2.05, 4.69) is 27.4 Å². The van der Waals surface area contributed by atoms with Crippen LogP contribution in [0.15, 0.2) is 54.9 Å². The fraction of sp³-hybridized carbons (Fsp3) is 0.292. The van der Waals surface area contributed by atoms with Crippen LogP contribution in [0.5, 0.6) is 5.75 Å². The second-order valence-corrected chi connectivity index (χ2v) is 7.67. The number of aryl methyl sites for hydroxylation is 1. The molecule has 7 nitrogen and oxygen atoms in total. The predicted molar refractivity (Wildman–Crippen MR) is 123 cm³/mol. The highest BCUT2D eigenvalue weighted by atomic mass is 16.5. The van der Waals surface area contributed by atoms with Crippen molar-refractivity contribution in [3.63, 3.8) is 0 Å². The number of methoxy groups -OCH3 is 1.